The highest BCUT2D eigenvalue weighted by Gasteiger charge is 2.40. The molecule has 104 valence electrons. The minimum atomic E-state index is 0.356. The van der Waals surface area contributed by atoms with Crippen molar-refractivity contribution >= 4 is 5.91 Å². The molecule has 2 heterocycles. The zero-order chi connectivity index (χ0) is 13.1. The molecule has 18 heavy (non-hydrogen) atoms. The van der Waals surface area contributed by atoms with Gasteiger partial charge in [0.25, 0.3) is 0 Å². The van der Waals surface area contributed by atoms with E-state index < -0.39 is 0 Å². The van der Waals surface area contributed by atoms with Crippen molar-refractivity contribution in [2.24, 2.45) is 0 Å². The number of carbonyl (C=O) groups is 1. The second-order valence-corrected chi connectivity index (χ2v) is 5.99. The summed E-state index contributed by atoms with van der Waals surface area (Å²) < 4.78 is 0. The van der Waals surface area contributed by atoms with Crippen LogP contribution in [0.1, 0.15) is 39.5 Å². The van der Waals surface area contributed by atoms with Crippen LogP contribution in [0.3, 0.4) is 0 Å². The number of piperidine rings is 1. The van der Waals surface area contributed by atoms with E-state index in [1.807, 2.05) is 0 Å². The molecule has 0 aromatic rings. The Morgan fingerprint density at radius 1 is 1.44 bits per heavy atom. The van der Waals surface area contributed by atoms with Crippen LogP contribution in [0.2, 0.25) is 0 Å². The molecule has 0 aromatic heterocycles. The van der Waals surface area contributed by atoms with Crippen molar-refractivity contribution in [2.45, 2.75) is 57.7 Å². The van der Waals surface area contributed by atoms with Crippen molar-refractivity contribution in [3.05, 3.63) is 0 Å². The Bertz CT molecular complexity index is 293. The van der Waals surface area contributed by atoms with Gasteiger partial charge >= 0.3 is 0 Å². The fourth-order valence-electron chi connectivity index (χ4n) is 3.02. The lowest BCUT2D eigenvalue weighted by Crippen LogP contribution is -2.47. The van der Waals surface area contributed by atoms with Crippen molar-refractivity contribution in [1.82, 2.24) is 15.1 Å². The molecule has 4 heteroatoms. The third-order valence-electron chi connectivity index (χ3n) is 4.48. The topological polar surface area (TPSA) is 35.6 Å². The van der Waals surface area contributed by atoms with E-state index in [1.165, 1.54) is 19.3 Å². The molecule has 2 aliphatic heterocycles. The standard InChI is InChI=1S/C14H27N3O/c1-11(2)16(3)9-7-15-12-10-14(18)17-8-5-4-6-13(12)17/h11-13,15H,4-10H2,1-3H3. The summed E-state index contributed by atoms with van der Waals surface area (Å²) in [7, 11) is 2.15. The minimum Gasteiger partial charge on any atom is -0.338 e. The van der Waals surface area contributed by atoms with Crippen molar-refractivity contribution in [3.63, 3.8) is 0 Å². The van der Waals surface area contributed by atoms with Crippen molar-refractivity contribution < 1.29 is 4.79 Å². The predicted molar refractivity (Wildman–Crippen MR) is 73.5 cm³/mol. The number of likely N-dealkylation sites (N-methyl/N-ethyl adjacent to an activating group) is 1. The van der Waals surface area contributed by atoms with Crippen molar-refractivity contribution in [2.75, 3.05) is 26.7 Å². The number of fused-ring (bicyclic) bond motifs is 1. The number of hydrogen-bond donors (Lipinski definition) is 1. The Labute approximate surface area is 111 Å². The summed E-state index contributed by atoms with van der Waals surface area (Å²) in [6.07, 6.45) is 4.35. The second-order valence-electron chi connectivity index (χ2n) is 5.99. The number of nitrogens with zero attached hydrogens (tertiary/aromatic N) is 2. The zero-order valence-corrected chi connectivity index (χ0v) is 12.0. The van der Waals surface area contributed by atoms with E-state index in [9.17, 15) is 4.79 Å². The molecule has 2 rings (SSSR count). The third kappa shape index (κ3) is 3.04. The first-order valence-electron chi connectivity index (χ1n) is 7.32. The Morgan fingerprint density at radius 2 is 2.22 bits per heavy atom. The molecule has 1 amide bonds. The van der Waals surface area contributed by atoms with Gasteiger partial charge in [0.2, 0.25) is 5.91 Å². The maximum absolute atomic E-state index is 11.9. The third-order valence-corrected chi connectivity index (χ3v) is 4.48. The maximum Gasteiger partial charge on any atom is 0.224 e. The maximum atomic E-state index is 11.9. The van der Waals surface area contributed by atoms with Gasteiger partial charge in [0.15, 0.2) is 0 Å². The van der Waals surface area contributed by atoms with E-state index >= 15 is 0 Å². The van der Waals surface area contributed by atoms with Crippen LogP contribution >= 0.6 is 0 Å². The van der Waals surface area contributed by atoms with Crippen LogP contribution in [-0.2, 0) is 4.79 Å². The molecule has 0 aromatic carbocycles. The van der Waals surface area contributed by atoms with Crippen LogP contribution in [0, 0.1) is 0 Å². The van der Waals surface area contributed by atoms with Crippen LogP contribution < -0.4 is 5.32 Å². The van der Waals surface area contributed by atoms with Gasteiger partial charge in [0.05, 0.1) is 0 Å². The van der Waals surface area contributed by atoms with E-state index in [4.69, 9.17) is 0 Å². The van der Waals surface area contributed by atoms with Crippen LogP contribution in [0.5, 0.6) is 0 Å². The first kappa shape index (κ1) is 13.8. The van der Waals surface area contributed by atoms with Gasteiger partial charge in [0, 0.05) is 44.2 Å². The summed E-state index contributed by atoms with van der Waals surface area (Å²) in [5, 5.41) is 3.59. The van der Waals surface area contributed by atoms with Gasteiger partial charge < -0.3 is 15.1 Å². The molecule has 2 aliphatic rings. The Kier molecular flexibility index (Phi) is 4.62. The van der Waals surface area contributed by atoms with E-state index in [-0.39, 0.29) is 0 Å². The molecular weight excluding hydrogens is 226 g/mol. The molecule has 0 bridgehead atoms. The number of carbonyl (C=O) groups excluding carboxylic acids is 1. The van der Waals surface area contributed by atoms with E-state index in [0.717, 1.165) is 19.6 Å². The Morgan fingerprint density at radius 3 is 2.94 bits per heavy atom. The zero-order valence-electron chi connectivity index (χ0n) is 12.0. The summed E-state index contributed by atoms with van der Waals surface area (Å²) in [4.78, 5) is 16.3. The summed E-state index contributed by atoms with van der Waals surface area (Å²) in [6.45, 7) is 7.43. The first-order chi connectivity index (χ1) is 8.59. The average molecular weight is 253 g/mol. The predicted octanol–water partition coefficient (Wildman–Crippen LogP) is 1.07. The van der Waals surface area contributed by atoms with Gasteiger partial charge in [-0.3, -0.25) is 4.79 Å². The first-order valence-corrected chi connectivity index (χ1v) is 7.32. The van der Waals surface area contributed by atoms with Gasteiger partial charge in [-0.05, 0) is 40.2 Å². The van der Waals surface area contributed by atoms with Gasteiger partial charge in [-0.25, -0.2) is 0 Å². The quantitative estimate of drug-likeness (QED) is 0.796. The highest BCUT2D eigenvalue weighted by atomic mass is 16.2. The monoisotopic (exact) mass is 253 g/mol. The van der Waals surface area contributed by atoms with Crippen molar-refractivity contribution in [1.29, 1.82) is 0 Å². The van der Waals surface area contributed by atoms with E-state index in [2.05, 4.69) is 36.0 Å². The number of nitrogens with one attached hydrogen (secondary N) is 1. The molecule has 2 fully saturated rings. The second kappa shape index (κ2) is 6.02. The molecule has 0 saturated carbocycles. The molecule has 0 spiro atoms. The fraction of sp³-hybridized carbons (Fsp3) is 0.929. The SMILES string of the molecule is CC(C)N(C)CCNC1CC(=O)N2CCCCC12. The molecule has 0 radical (unpaired) electrons. The van der Waals surface area contributed by atoms with Gasteiger partial charge in [-0.2, -0.15) is 0 Å². The lowest BCUT2D eigenvalue weighted by atomic mass is 9.99. The molecule has 2 unspecified atom stereocenters. The number of amides is 1. The highest BCUT2D eigenvalue weighted by Crippen LogP contribution is 2.27. The van der Waals surface area contributed by atoms with E-state index in [0.29, 0.717) is 30.5 Å². The smallest absolute Gasteiger partial charge is 0.224 e. The van der Waals surface area contributed by atoms with Gasteiger partial charge in [-0.15, -0.1) is 0 Å². The normalized spacial score (nSPS) is 28.3. The number of hydrogen-bond acceptors (Lipinski definition) is 3. The lowest BCUT2D eigenvalue weighted by molar-refractivity contribution is -0.129. The van der Waals surface area contributed by atoms with Crippen LogP contribution in [0.4, 0.5) is 0 Å². The van der Waals surface area contributed by atoms with Gasteiger partial charge in [-0.1, -0.05) is 0 Å². The molecule has 1 N–H and O–H groups in total. The average Bonchev–Trinajstić information content (AvgIpc) is 2.67. The molecule has 4 nitrogen and oxygen atoms in total. The largest absolute Gasteiger partial charge is 0.338 e. The number of rotatable bonds is 5. The van der Waals surface area contributed by atoms with Crippen LogP contribution in [0.15, 0.2) is 0 Å². The van der Waals surface area contributed by atoms with Crippen molar-refractivity contribution in [3.8, 4) is 0 Å². The minimum absolute atomic E-state index is 0.356. The summed E-state index contributed by atoms with van der Waals surface area (Å²) in [5.41, 5.74) is 0. The van der Waals surface area contributed by atoms with Gasteiger partial charge in [0.1, 0.15) is 0 Å². The van der Waals surface area contributed by atoms with E-state index in [1.54, 1.807) is 0 Å². The highest BCUT2D eigenvalue weighted by molar-refractivity contribution is 5.80. The Hall–Kier alpha value is -0.610. The molecule has 0 aliphatic carbocycles. The fourth-order valence-corrected chi connectivity index (χ4v) is 3.02. The summed E-state index contributed by atoms with van der Waals surface area (Å²) in [6, 6.07) is 1.44. The Balaban J connectivity index is 1.78. The van der Waals surface area contributed by atoms with Crippen LogP contribution in [-0.4, -0.2) is 60.5 Å². The summed E-state index contributed by atoms with van der Waals surface area (Å²) >= 11 is 0. The lowest BCUT2D eigenvalue weighted by Gasteiger charge is -2.33. The summed E-state index contributed by atoms with van der Waals surface area (Å²) in [5.74, 6) is 0.356. The van der Waals surface area contributed by atoms with Crippen LogP contribution in [0.25, 0.3) is 0 Å². The molecule has 2 saturated heterocycles. The molecule has 2 atom stereocenters. The molecular formula is C14H27N3O.